The normalized spacial score (nSPS) is 16.2. The Morgan fingerprint density at radius 2 is 1.94 bits per heavy atom. The van der Waals surface area contributed by atoms with E-state index in [4.69, 9.17) is 4.74 Å². The van der Waals surface area contributed by atoms with E-state index in [2.05, 4.69) is 15.2 Å². The maximum Gasteiger partial charge on any atom is 0.339 e. The molecule has 0 bridgehead atoms. The SMILES string of the molecule is CCOC(=O)c1ccc(N2CCCN(C(=O)c3ccc(NC4CC4)c([N+](=O)[O-])c3)CC2)nc1. The number of nitro benzene ring substituents is 1. The minimum atomic E-state index is -0.447. The number of pyridine rings is 1. The first kappa shape index (κ1) is 22.5. The number of nitrogens with one attached hydrogen (secondary N) is 1. The lowest BCUT2D eigenvalue weighted by Crippen LogP contribution is -2.35. The van der Waals surface area contributed by atoms with Gasteiger partial charge in [-0.25, -0.2) is 9.78 Å². The van der Waals surface area contributed by atoms with Crippen molar-refractivity contribution in [3.05, 3.63) is 57.8 Å². The molecule has 1 amide bonds. The molecule has 1 saturated heterocycles. The number of anilines is 2. The molecule has 1 aromatic heterocycles. The average molecular weight is 453 g/mol. The third-order valence-electron chi connectivity index (χ3n) is 5.74. The predicted molar refractivity (Wildman–Crippen MR) is 123 cm³/mol. The van der Waals surface area contributed by atoms with E-state index in [1.54, 1.807) is 36.1 Å². The molecule has 1 aromatic carbocycles. The summed E-state index contributed by atoms with van der Waals surface area (Å²) < 4.78 is 4.99. The summed E-state index contributed by atoms with van der Waals surface area (Å²) in [5, 5.41) is 14.7. The number of esters is 1. The summed E-state index contributed by atoms with van der Waals surface area (Å²) in [6.45, 7) is 4.35. The summed E-state index contributed by atoms with van der Waals surface area (Å²) in [5.74, 6) is 0.101. The van der Waals surface area contributed by atoms with Gasteiger partial charge in [-0.2, -0.15) is 0 Å². The van der Waals surface area contributed by atoms with Crippen molar-refractivity contribution in [3.8, 4) is 0 Å². The second kappa shape index (κ2) is 9.85. The quantitative estimate of drug-likeness (QED) is 0.386. The van der Waals surface area contributed by atoms with Gasteiger partial charge in [-0.15, -0.1) is 0 Å². The maximum atomic E-state index is 13.1. The zero-order valence-corrected chi connectivity index (χ0v) is 18.5. The summed E-state index contributed by atoms with van der Waals surface area (Å²) in [6.07, 6.45) is 4.24. The highest BCUT2D eigenvalue weighted by Gasteiger charge is 2.27. The molecule has 10 nitrogen and oxygen atoms in total. The number of nitro groups is 1. The molecule has 0 unspecified atom stereocenters. The van der Waals surface area contributed by atoms with Gasteiger partial charge in [-0.3, -0.25) is 14.9 Å². The Labute approximate surface area is 191 Å². The van der Waals surface area contributed by atoms with Crippen LogP contribution in [-0.2, 0) is 4.74 Å². The molecule has 10 heteroatoms. The number of nitrogens with zero attached hydrogens (tertiary/aromatic N) is 4. The van der Waals surface area contributed by atoms with Gasteiger partial charge in [0.2, 0.25) is 0 Å². The minimum Gasteiger partial charge on any atom is -0.462 e. The average Bonchev–Trinajstić information content (AvgIpc) is 3.66. The third kappa shape index (κ3) is 5.39. The predicted octanol–water partition coefficient (Wildman–Crippen LogP) is 3.09. The molecule has 2 fully saturated rings. The molecule has 2 aliphatic rings. The number of carbonyl (C=O) groups excluding carboxylic acids is 2. The molecule has 0 atom stereocenters. The molecule has 1 saturated carbocycles. The highest BCUT2D eigenvalue weighted by atomic mass is 16.6. The summed E-state index contributed by atoms with van der Waals surface area (Å²) in [7, 11) is 0. The van der Waals surface area contributed by atoms with Crippen molar-refractivity contribution in [2.24, 2.45) is 0 Å². The fourth-order valence-corrected chi connectivity index (χ4v) is 3.83. The zero-order chi connectivity index (χ0) is 23.4. The van der Waals surface area contributed by atoms with E-state index < -0.39 is 10.9 Å². The molecular weight excluding hydrogens is 426 g/mol. The Balaban J connectivity index is 1.42. The number of ether oxygens (including phenoxy) is 1. The van der Waals surface area contributed by atoms with Crippen LogP contribution in [0.2, 0.25) is 0 Å². The van der Waals surface area contributed by atoms with Gasteiger partial charge in [0.1, 0.15) is 11.5 Å². The van der Waals surface area contributed by atoms with Gasteiger partial charge in [0.25, 0.3) is 11.6 Å². The Kier molecular flexibility index (Phi) is 6.71. The van der Waals surface area contributed by atoms with Gasteiger partial charge in [0, 0.05) is 50.0 Å². The van der Waals surface area contributed by atoms with Crippen molar-refractivity contribution < 1.29 is 19.2 Å². The van der Waals surface area contributed by atoms with Gasteiger partial charge < -0.3 is 19.9 Å². The molecule has 1 aliphatic heterocycles. The smallest absolute Gasteiger partial charge is 0.339 e. The van der Waals surface area contributed by atoms with Crippen LogP contribution in [0.4, 0.5) is 17.2 Å². The number of carbonyl (C=O) groups is 2. The second-order valence-electron chi connectivity index (χ2n) is 8.17. The van der Waals surface area contributed by atoms with Crippen LogP contribution in [0.3, 0.4) is 0 Å². The third-order valence-corrected chi connectivity index (χ3v) is 5.74. The number of amides is 1. The number of aromatic nitrogens is 1. The standard InChI is InChI=1S/C23H27N5O5/c1-2-33-23(30)17-5-9-21(24-15-17)26-10-3-11-27(13-12-26)22(29)16-4-8-19(25-18-6-7-18)20(14-16)28(31)32/h4-5,8-9,14-15,18,25H,2-3,6-7,10-13H2,1H3. The van der Waals surface area contributed by atoms with Crippen LogP contribution in [0.25, 0.3) is 0 Å². The molecule has 4 rings (SSSR count). The number of benzene rings is 1. The van der Waals surface area contributed by atoms with Crippen molar-refractivity contribution in [2.75, 3.05) is 43.0 Å². The lowest BCUT2D eigenvalue weighted by molar-refractivity contribution is -0.384. The first-order chi connectivity index (χ1) is 16.0. The lowest BCUT2D eigenvalue weighted by Gasteiger charge is -2.23. The van der Waals surface area contributed by atoms with E-state index >= 15 is 0 Å². The number of rotatable bonds is 7. The molecule has 1 N–H and O–H groups in total. The summed E-state index contributed by atoms with van der Waals surface area (Å²) in [4.78, 5) is 44.2. The van der Waals surface area contributed by atoms with Crippen LogP contribution >= 0.6 is 0 Å². The summed E-state index contributed by atoms with van der Waals surface area (Å²) in [5.41, 5.74) is 1.09. The second-order valence-corrected chi connectivity index (χ2v) is 8.17. The Morgan fingerprint density at radius 3 is 2.61 bits per heavy atom. The molecule has 2 aromatic rings. The van der Waals surface area contributed by atoms with Crippen molar-refractivity contribution >= 4 is 29.1 Å². The Morgan fingerprint density at radius 1 is 1.15 bits per heavy atom. The van der Waals surface area contributed by atoms with E-state index in [9.17, 15) is 19.7 Å². The summed E-state index contributed by atoms with van der Waals surface area (Å²) in [6, 6.07) is 8.39. The fourth-order valence-electron chi connectivity index (χ4n) is 3.83. The largest absolute Gasteiger partial charge is 0.462 e. The summed E-state index contributed by atoms with van der Waals surface area (Å²) >= 11 is 0. The van der Waals surface area contributed by atoms with Crippen LogP contribution in [-0.4, -0.2) is 65.5 Å². The highest BCUT2D eigenvalue weighted by Crippen LogP contribution is 2.32. The monoisotopic (exact) mass is 453 g/mol. The molecule has 1 aliphatic carbocycles. The van der Waals surface area contributed by atoms with Gasteiger partial charge >= 0.3 is 5.97 Å². The molecule has 0 spiro atoms. The van der Waals surface area contributed by atoms with Gasteiger partial charge in [0.05, 0.1) is 17.1 Å². The molecule has 2 heterocycles. The van der Waals surface area contributed by atoms with Crippen LogP contribution in [0.15, 0.2) is 36.5 Å². The molecule has 33 heavy (non-hydrogen) atoms. The first-order valence-electron chi connectivity index (χ1n) is 11.2. The van der Waals surface area contributed by atoms with E-state index in [0.717, 1.165) is 25.1 Å². The Bertz CT molecular complexity index is 1040. The van der Waals surface area contributed by atoms with Crippen LogP contribution in [0, 0.1) is 10.1 Å². The van der Waals surface area contributed by atoms with E-state index in [1.165, 1.54) is 12.3 Å². The fraction of sp³-hybridized carbons (Fsp3) is 0.435. The van der Waals surface area contributed by atoms with Crippen molar-refractivity contribution in [2.45, 2.75) is 32.2 Å². The zero-order valence-electron chi connectivity index (χ0n) is 18.5. The van der Waals surface area contributed by atoms with E-state index in [-0.39, 0.29) is 17.6 Å². The van der Waals surface area contributed by atoms with Gasteiger partial charge in [-0.1, -0.05) is 0 Å². The lowest BCUT2D eigenvalue weighted by atomic mass is 10.1. The van der Waals surface area contributed by atoms with Crippen LogP contribution in [0.1, 0.15) is 46.9 Å². The first-order valence-corrected chi connectivity index (χ1v) is 11.2. The van der Waals surface area contributed by atoms with Crippen molar-refractivity contribution in [3.63, 3.8) is 0 Å². The molecule has 174 valence electrons. The maximum absolute atomic E-state index is 13.1. The van der Waals surface area contributed by atoms with Gasteiger partial charge in [-0.05, 0) is 50.5 Å². The van der Waals surface area contributed by atoms with E-state index in [0.29, 0.717) is 49.6 Å². The van der Waals surface area contributed by atoms with Crippen molar-refractivity contribution in [1.82, 2.24) is 9.88 Å². The Hall–Kier alpha value is -3.69. The van der Waals surface area contributed by atoms with Crippen LogP contribution in [0.5, 0.6) is 0 Å². The highest BCUT2D eigenvalue weighted by molar-refractivity contribution is 5.96. The van der Waals surface area contributed by atoms with Gasteiger partial charge in [0.15, 0.2) is 0 Å². The topological polar surface area (TPSA) is 118 Å². The number of hydrogen-bond donors (Lipinski definition) is 1. The number of hydrogen-bond acceptors (Lipinski definition) is 8. The molecule has 0 radical (unpaired) electrons. The van der Waals surface area contributed by atoms with E-state index in [1.807, 2.05) is 0 Å². The van der Waals surface area contributed by atoms with Crippen LogP contribution < -0.4 is 10.2 Å². The molecular formula is C23H27N5O5. The van der Waals surface area contributed by atoms with Crippen molar-refractivity contribution in [1.29, 1.82) is 0 Å². The minimum absolute atomic E-state index is 0.0740.